The van der Waals surface area contributed by atoms with E-state index in [0.717, 1.165) is 22.0 Å². The van der Waals surface area contributed by atoms with E-state index in [-0.39, 0.29) is 24.5 Å². The van der Waals surface area contributed by atoms with Crippen molar-refractivity contribution >= 4 is 34.3 Å². The summed E-state index contributed by atoms with van der Waals surface area (Å²) < 4.78 is 5.07. The van der Waals surface area contributed by atoms with Gasteiger partial charge in [0.15, 0.2) is 0 Å². The van der Waals surface area contributed by atoms with Gasteiger partial charge in [0, 0.05) is 41.6 Å². The SMILES string of the molecule is CCOC(=O)c1ccc(C2/C(=C(\O)c3ccncc3)C(=O)C(=O)N2CCc2c[nH]c3cc(C)ccc23)cc1. The minimum atomic E-state index is -0.827. The molecule has 8 heteroatoms. The first-order valence-corrected chi connectivity index (χ1v) is 12.4. The highest BCUT2D eigenvalue weighted by molar-refractivity contribution is 6.46. The van der Waals surface area contributed by atoms with E-state index < -0.39 is 23.7 Å². The van der Waals surface area contributed by atoms with Crippen LogP contribution in [0.25, 0.3) is 16.7 Å². The first-order chi connectivity index (χ1) is 18.4. The number of nitrogens with one attached hydrogen (secondary N) is 1. The first-order valence-electron chi connectivity index (χ1n) is 12.4. The van der Waals surface area contributed by atoms with Crippen molar-refractivity contribution in [2.24, 2.45) is 0 Å². The number of hydrogen-bond donors (Lipinski definition) is 2. The number of carbonyl (C=O) groups is 3. The van der Waals surface area contributed by atoms with Crippen LogP contribution < -0.4 is 0 Å². The summed E-state index contributed by atoms with van der Waals surface area (Å²) in [5.41, 5.74) is 4.51. The van der Waals surface area contributed by atoms with Crippen molar-refractivity contribution in [1.29, 1.82) is 0 Å². The number of benzene rings is 2. The Labute approximate surface area is 219 Å². The van der Waals surface area contributed by atoms with Crippen LogP contribution in [0.3, 0.4) is 0 Å². The lowest BCUT2D eigenvalue weighted by Gasteiger charge is -2.25. The minimum Gasteiger partial charge on any atom is -0.507 e. The van der Waals surface area contributed by atoms with E-state index in [9.17, 15) is 19.5 Å². The number of aryl methyl sites for hydroxylation is 1. The normalized spacial score (nSPS) is 16.8. The minimum absolute atomic E-state index is 0.000337. The molecule has 1 aliphatic rings. The maximum Gasteiger partial charge on any atom is 0.338 e. The molecule has 0 spiro atoms. The number of ether oxygens (including phenoxy) is 1. The molecule has 2 N–H and O–H groups in total. The number of Topliss-reactive ketones (excluding diaryl/α,β-unsaturated/α-hetero) is 1. The van der Waals surface area contributed by atoms with Crippen molar-refractivity contribution in [3.8, 4) is 0 Å². The molecule has 4 aromatic rings. The summed E-state index contributed by atoms with van der Waals surface area (Å²) in [7, 11) is 0. The monoisotopic (exact) mass is 509 g/mol. The van der Waals surface area contributed by atoms with E-state index >= 15 is 0 Å². The van der Waals surface area contributed by atoms with Crippen molar-refractivity contribution in [1.82, 2.24) is 14.9 Å². The molecule has 0 aliphatic carbocycles. The number of aliphatic hydroxyl groups excluding tert-OH is 1. The Balaban J connectivity index is 1.54. The largest absolute Gasteiger partial charge is 0.507 e. The Morgan fingerprint density at radius 2 is 1.79 bits per heavy atom. The van der Waals surface area contributed by atoms with Crippen LogP contribution in [0.15, 0.2) is 78.8 Å². The third-order valence-corrected chi connectivity index (χ3v) is 6.78. The molecule has 0 bridgehead atoms. The predicted molar refractivity (Wildman–Crippen MR) is 142 cm³/mol. The van der Waals surface area contributed by atoms with Gasteiger partial charge in [0.2, 0.25) is 0 Å². The molecule has 8 nitrogen and oxygen atoms in total. The average molecular weight is 510 g/mol. The summed E-state index contributed by atoms with van der Waals surface area (Å²) in [6.07, 6.45) is 5.43. The highest BCUT2D eigenvalue weighted by Gasteiger charge is 2.45. The zero-order valence-corrected chi connectivity index (χ0v) is 21.1. The smallest absolute Gasteiger partial charge is 0.338 e. The molecule has 2 aromatic carbocycles. The molecule has 0 saturated carbocycles. The summed E-state index contributed by atoms with van der Waals surface area (Å²) in [5.74, 6) is -2.17. The quantitative estimate of drug-likeness (QED) is 0.161. The number of amides is 1. The summed E-state index contributed by atoms with van der Waals surface area (Å²) in [4.78, 5) is 47.5. The maximum atomic E-state index is 13.3. The number of hydrogen-bond acceptors (Lipinski definition) is 6. The number of aromatic nitrogens is 2. The number of likely N-dealkylation sites (tertiary alicyclic amines) is 1. The van der Waals surface area contributed by atoms with Crippen molar-refractivity contribution in [2.45, 2.75) is 26.3 Å². The number of ketones is 1. The zero-order chi connectivity index (χ0) is 26.8. The molecule has 1 unspecified atom stereocenters. The molecule has 3 heterocycles. The Morgan fingerprint density at radius 1 is 1.05 bits per heavy atom. The van der Waals surface area contributed by atoms with Crippen LogP contribution >= 0.6 is 0 Å². The van der Waals surface area contributed by atoms with Crippen molar-refractivity contribution < 1.29 is 24.2 Å². The van der Waals surface area contributed by atoms with Crippen molar-refractivity contribution in [3.05, 3.63) is 107 Å². The second-order valence-electron chi connectivity index (χ2n) is 9.18. The lowest BCUT2D eigenvalue weighted by Crippen LogP contribution is -2.31. The molecule has 2 aromatic heterocycles. The Morgan fingerprint density at radius 3 is 2.50 bits per heavy atom. The summed E-state index contributed by atoms with van der Waals surface area (Å²) in [6, 6.07) is 15.0. The van der Waals surface area contributed by atoms with Crippen LogP contribution in [0, 0.1) is 6.92 Å². The molecule has 5 rings (SSSR count). The van der Waals surface area contributed by atoms with E-state index in [1.165, 1.54) is 17.3 Å². The van der Waals surface area contributed by atoms with E-state index in [1.807, 2.05) is 25.3 Å². The van der Waals surface area contributed by atoms with E-state index in [4.69, 9.17) is 4.74 Å². The zero-order valence-electron chi connectivity index (χ0n) is 21.1. The molecule has 0 radical (unpaired) electrons. The van der Waals surface area contributed by atoms with Gasteiger partial charge in [0.1, 0.15) is 5.76 Å². The van der Waals surface area contributed by atoms with Gasteiger partial charge in [-0.25, -0.2) is 4.79 Å². The Hall–Kier alpha value is -4.72. The summed E-state index contributed by atoms with van der Waals surface area (Å²) in [6.45, 7) is 4.26. The second kappa shape index (κ2) is 10.3. The van der Waals surface area contributed by atoms with Crippen LogP contribution in [0.4, 0.5) is 0 Å². The van der Waals surface area contributed by atoms with Gasteiger partial charge in [-0.2, -0.15) is 0 Å². The number of rotatable bonds is 7. The molecule has 1 aliphatic heterocycles. The van der Waals surface area contributed by atoms with E-state index in [0.29, 0.717) is 23.1 Å². The fourth-order valence-corrected chi connectivity index (χ4v) is 4.89. The molecule has 38 heavy (non-hydrogen) atoms. The van der Waals surface area contributed by atoms with E-state index in [1.54, 1.807) is 43.3 Å². The standard InChI is InChI=1S/C30H27N3O5/c1-3-38-30(37)21-7-5-19(6-8-21)26-25(27(34)20-10-13-31-14-11-20)28(35)29(36)33(26)15-12-22-17-32-24-16-18(2)4-9-23(22)24/h4-11,13-14,16-17,26,32,34H,3,12,15H2,1-2H3/b27-25+. The highest BCUT2D eigenvalue weighted by Crippen LogP contribution is 2.39. The van der Waals surface area contributed by atoms with Gasteiger partial charge in [0.25, 0.3) is 11.7 Å². The first kappa shape index (κ1) is 25.0. The van der Waals surface area contributed by atoms with Crippen molar-refractivity contribution in [2.75, 3.05) is 13.2 Å². The number of nitrogens with zero attached hydrogens (tertiary/aromatic N) is 2. The lowest BCUT2D eigenvalue weighted by molar-refractivity contribution is -0.139. The third kappa shape index (κ3) is 4.56. The van der Waals surface area contributed by atoms with Crippen LogP contribution in [-0.2, 0) is 20.7 Å². The molecular formula is C30H27N3O5. The van der Waals surface area contributed by atoms with Gasteiger partial charge in [0.05, 0.1) is 23.8 Å². The topological polar surface area (TPSA) is 113 Å². The second-order valence-corrected chi connectivity index (χ2v) is 9.18. The molecule has 1 saturated heterocycles. The fourth-order valence-electron chi connectivity index (χ4n) is 4.89. The molecule has 192 valence electrons. The predicted octanol–water partition coefficient (Wildman–Crippen LogP) is 4.71. The van der Waals surface area contributed by atoms with Gasteiger partial charge in [-0.15, -0.1) is 0 Å². The van der Waals surface area contributed by atoms with E-state index in [2.05, 4.69) is 16.0 Å². The Kier molecular flexibility index (Phi) is 6.79. The molecular weight excluding hydrogens is 482 g/mol. The molecule has 1 amide bonds. The fraction of sp³-hybridized carbons (Fsp3) is 0.200. The number of fused-ring (bicyclic) bond motifs is 1. The maximum absolute atomic E-state index is 13.3. The third-order valence-electron chi connectivity index (χ3n) is 6.78. The number of pyridine rings is 1. The van der Waals surface area contributed by atoms with Crippen LogP contribution in [0.1, 0.15) is 45.6 Å². The van der Waals surface area contributed by atoms with Crippen molar-refractivity contribution in [3.63, 3.8) is 0 Å². The number of esters is 1. The van der Waals surface area contributed by atoms with Crippen LogP contribution in [-0.4, -0.2) is 50.8 Å². The van der Waals surface area contributed by atoms with Gasteiger partial charge >= 0.3 is 5.97 Å². The molecule has 1 fully saturated rings. The number of aliphatic hydroxyl groups is 1. The molecule has 1 atom stereocenters. The van der Waals surface area contributed by atoms with Gasteiger partial charge in [-0.3, -0.25) is 14.6 Å². The number of aromatic amines is 1. The van der Waals surface area contributed by atoms with Crippen LogP contribution in [0.5, 0.6) is 0 Å². The Bertz CT molecular complexity index is 1550. The summed E-state index contributed by atoms with van der Waals surface area (Å²) in [5, 5.41) is 12.2. The van der Waals surface area contributed by atoms with Crippen LogP contribution in [0.2, 0.25) is 0 Å². The van der Waals surface area contributed by atoms with Gasteiger partial charge in [-0.1, -0.05) is 24.3 Å². The van der Waals surface area contributed by atoms with Gasteiger partial charge < -0.3 is 19.7 Å². The number of H-pyrrole nitrogens is 1. The van der Waals surface area contributed by atoms with Gasteiger partial charge in [-0.05, 0) is 67.3 Å². The highest BCUT2D eigenvalue weighted by atomic mass is 16.5. The average Bonchev–Trinajstić information content (AvgIpc) is 3.45. The summed E-state index contributed by atoms with van der Waals surface area (Å²) >= 11 is 0. The lowest BCUT2D eigenvalue weighted by atomic mass is 9.94. The number of carbonyl (C=O) groups excluding carboxylic acids is 3.